The first kappa shape index (κ1) is 27.5. The quantitative estimate of drug-likeness (QED) is 0.227. The van der Waals surface area contributed by atoms with E-state index in [4.69, 9.17) is 0 Å². The van der Waals surface area contributed by atoms with Gasteiger partial charge in [0.05, 0.1) is 0 Å². The average Bonchev–Trinajstić information content (AvgIpc) is 2.92. The summed E-state index contributed by atoms with van der Waals surface area (Å²) in [7, 11) is 0. The molecule has 0 nitrogen and oxygen atoms in total. The van der Waals surface area contributed by atoms with Gasteiger partial charge in [-0.15, -0.1) is 0 Å². The van der Waals surface area contributed by atoms with E-state index in [2.05, 4.69) is 19.9 Å². The standard InChI is InChI=1S/C34H41F3/c1-3-5-6-8-28-19-20-30(23-32(28)35)26-14-9-25(10-15-26)13-18-29-21-22-31(34(37)33(29)36)27-16-11-24(7-4-2)12-17-27/h11-12,16-17,19-23,25-26H,3-10,13-15,18H2,1-2H3. The molecule has 0 atom stereocenters. The molecule has 0 amide bonds. The van der Waals surface area contributed by atoms with Crippen molar-refractivity contribution in [2.24, 2.45) is 5.92 Å². The van der Waals surface area contributed by atoms with Crippen LogP contribution in [-0.4, -0.2) is 0 Å². The summed E-state index contributed by atoms with van der Waals surface area (Å²) in [5.41, 5.74) is 4.66. The van der Waals surface area contributed by atoms with Crippen LogP contribution in [0.3, 0.4) is 0 Å². The number of rotatable bonds is 11. The van der Waals surface area contributed by atoms with E-state index >= 15 is 0 Å². The van der Waals surface area contributed by atoms with Crippen molar-refractivity contribution in [1.29, 1.82) is 0 Å². The summed E-state index contributed by atoms with van der Waals surface area (Å²) in [5, 5.41) is 0. The van der Waals surface area contributed by atoms with Crippen molar-refractivity contribution < 1.29 is 13.2 Å². The SMILES string of the molecule is CCCCCc1ccc(C2CCC(CCc3ccc(-c4ccc(CCC)cc4)c(F)c3F)CC2)cc1F. The normalized spacial score (nSPS) is 17.8. The van der Waals surface area contributed by atoms with Gasteiger partial charge in [-0.1, -0.05) is 81.6 Å². The van der Waals surface area contributed by atoms with Gasteiger partial charge in [0.15, 0.2) is 11.6 Å². The highest BCUT2D eigenvalue weighted by atomic mass is 19.2. The van der Waals surface area contributed by atoms with E-state index < -0.39 is 11.6 Å². The zero-order chi connectivity index (χ0) is 26.2. The highest BCUT2D eigenvalue weighted by molar-refractivity contribution is 5.65. The van der Waals surface area contributed by atoms with Gasteiger partial charge in [0.2, 0.25) is 0 Å². The molecule has 37 heavy (non-hydrogen) atoms. The van der Waals surface area contributed by atoms with Crippen molar-refractivity contribution in [1.82, 2.24) is 0 Å². The molecule has 0 saturated heterocycles. The molecule has 4 rings (SSSR count). The third-order valence-electron chi connectivity index (χ3n) is 8.23. The number of benzene rings is 3. The molecule has 1 aliphatic rings. The summed E-state index contributed by atoms with van der Waals surface area (Å²) in [4.78, 5) is 0. The van der Waals surface area contributed by atoms with Gasteiger partial charge in [-0.25, -0.2) is 13.2 Å². The summed E-state index contributed by atoms with van der Waals surface area (Å²) in [5.74, 6) is -0.619. The molecule has 0 N–H and O–H groups in total. The molecule has 0 aliphatic heterocycles. The monoisotopic (exact) mass is 506 g/mol. The highest BCUT2D eigenvalue weighted by Gasteiger charge is 2.24. The first-order chi connectivity index (χ1) is 18.0. The second-order valence-corrected chi connectivity index (χ2v) is 10.9. The molecule has 3 heteroatoms. The van der Waals surface area contributed by atoms with Crippen molar-refractivity contribution >= 4 is 0 Å². The van der Waals surface area contributed by atoms with Gasteiger partial charge in [0, 0.05) is 5.56 Å². The lowest BCUT2D eigenvalue weighted by atomic mass is 9.76. The van der Waals surface area contributed by atoms with Crippen molar-refractivity contribution in [2.75, 3.05) is 0 Å². The van der Waals surface area contributed by atoms with Crippen LogP contribution in [-0.2, 0) is 19.3 Å². The molecule has 0 heterocycles. The van der Waals surface area contributed by atoms with Gasteiger partial charge in [-0.3, -0.25) is 0 Å². The Kier molecular flexibility index (Phi) is 9.88. The van der Waals surface area contributed by atoms with E-state index in [9.17, 15) is 13.2 Å². The molecule has 0 radical (unpaired) electrons. The molecule has 3 aromatic rings. The first-order valence-electron chi connectivity index (χ1n) is 14.3. The van der Waals surface area contributed by atoms with Gasteiger partial charge in [-0.05, 0) is 104 Å². The van der Waals surface area contributed by atoms with Crippen LogP contribution in [0, 0.1) is 23.4 Å². The smallest absolute Gasteiger partial charge is 0.166 e. The molecule has 0 unspecified atom stereocenters. The molecular weight excluding hydrogens is 465 g/mol. The van der Waals surface area contributed by atoms with Crippen LogP contribution in [0.1, 0.15) is 99.8 Å². The summed E-state index contributed by atoms with van der Waals surface area (Å²) in [6.45, 7) is 4.29. The van der Waals surface area contributed by atoms with Gasteiger partial charge < -0.3 is 0 Å². The molecule has 198 valence electrons. The van der Waals surface area contributed by atoms with E-state index in [0.717, 1.165) is 81.8 Å². The third-order valence-corrected chi connectivity index (χ3v) is 8.23. The zero-order valence-electron chi connectivity index (χ0n) is 22.5. The predicted octanol–water partition coefficient (Wildman–Crippen LogP) is 10.4. The molecule has 1 aliphatic carbocycles. The summed E-state index contributed by atoms with van der Waals surface area (Å²) < 4.78 is 44.5. The van der Waals surface area contributed by atoms with E-state index in [0.29, 0.717) is 34.9 Å². The maximum atomic E-state index is 14.9. The molecule has 0 spiro atoms. The zero-order valence-corrected chi connectivity index (χ0v) is 22.5. The Labute approximate surface area is 221 Å². The van der Waals surface area contributed by atoms with Crippen LogP contribution in [0.15, 0.2) is 54.6 Å². The molecular formula is C34H41F3. The van der Waals surface area contributed by atoms with Crippen LogP contribution >= 0.6 is 0 Å². The maximum Gasteiger partial charge on any atom is 0.166 e. The topological polar surface area (TPSA) is 0 Å². The second-order valence-electron chi connectivity index (χ2n) is 10.9. The fourth-order valence-corrected chi connectivity index (χ4v) is 5.87. The van der Waals surface area contributed by atoms with E-state index in [1.165, 1.54) is 5.56 Å². The molecule has 3 aromatic carbocycles. The van der Waals surface area contributed by atoms with Gasteiger partial charge in [-0.2, -0.15) is 0 Å². The number of unbranched alkanes of at least 4 members (excludes halogenated alkanes) is 2. The minimum Gasteiger partial charge on any atom is -0.207 e. The third kappa shape index (κ3) is 7.06. The second kappa shape index (κ2) is 13.3. The van der Waals surface area contributed by atoms with Crippen molar-refractivity contribution in [2.45, 2.75) is 96.8 Å². The van der Waals surface area contributed by atoms with Crippen LogP contribution in [0.25, 0.3) is 11.1 Å². The summed E-state index contributed by atoms with van der Waals surface area (Å²) in [6, 6.07) is 17.1. The Hall–Kier alpha value is -2.55. The van der Waals surface area contributed by atoms with Crippen LogP contribution < -0.4 is 0 Å². The Bertz CT molecular complexity index is 1140. The first-order valence-corrected chi connectivity index (χ1v) is 14.3. The Morgan fingerprint density at radius 1 is 0.676 bits per heavy atom. The molecule has 1 fully saturated rings. The van der Waals surface area contributed by atoms with Crippen LogP contribution in [0.4, 0.5) is 13.2 Å². The summed E-state index contributed by atoms with van der Waals surface area (Å²) in [6.07, 6.45) is 11.8. The number of halogens is 3. The van der Waals surface area contributed by atoms with Crippen LogP contribution in [0.5, 0.6) is 0 Å². The van der Waals surface area contributed by atoms with E-state index in [-0.39, 0.29) is 5.82 Å². The van der Waals surface area contributed by atoms with E-state index in [1.807, 2.05) is 30.3 Å². The van der Waals surface area contributed by atoms with Crippen molar-refractivity contribution in [3.63, 3.8) is 0 Å². The number of hydrogen-bond acceptors (Lipinski definition) is 0. The van der Waals surface area contributed by atoms with Gasteiger partial charge in [0.25, 0.3) is 0 Å². The minimum atomic E-state index is -0.746. The Morgan fingerprint density at radius 2 is 1.41 bits per heavy atom. The predicted molar refractivity (Wildman–Crippen MR) is 148 cm³/mol. The Morgan fingerprint density at radius 3 is 2.08 bits per heavy atom. The van der Waals surface area contributed by atoms with Crippen molar-refractivity contribution in [3.05, 3.63) is 94.3 Å². The molecule has 1 saturated carbocycles. The van der Waals surface area contributed by atoms with Crippen molar-refractivity contribution in [3.8, 4) is 11.1 Å². The lowest BCUT2D eigenvalue weighted by Crippen LogP contribution is -2.14. The number of hydrogen-bond donors (Lipinski definition) is 0. The fourth-order valence-electron chi connectivity index (χ4n) is 5.87. The lowest BCUT2D eigenvalue weighted by Gasteiger charge is -2.29. The largest absolute Gasteiger partial charge is 0.207 e. The minimum absolute atomic E-state index is 0.0615. The van der Waals surface area contributed by atoms with Gasteiger partial charge >= 0.3 is 0 Å². The fraction of sp³-hybridized carbons (Fsp3) is 0.471. The lowest BCUT2D eigenvalue weighted by molar-refractivity contribution is 0.308. The average molecular weight is 507 g/mol. The maximum absolute atomic E-state index is 14.9. The number of aryl methyl sites for hydroxylation is 3. The Balaban J connectivity index is 1.30. The van der Waals surface area contributed by atoms with Gasteiger partial charge in [0.1, 0.15) is 5.82 Å². The summed E-state index contributed by atoms with van der Waals surface area (Å²) >= 11 is 0. The van der Waals surface area contributed by atoms with Crippen LogP contribution in [0.2, 0.25) is 0 Å². The van der Waals surface area contributed by atoms with E-state index in [1.54, 1.807) is 18.2 Å². The molecule has 0 aromatic heterocycles. The highest BCUT2D eigenvalue weighted by Crippen LogP contribution is 2.38. The molecule has 0 bridgehead atoms.